The fraction of sp³-hybridized carbons (Fsp3) is 0.0625. The summed E-state index contributed by atoms with van der Waals surface area (Å²) in [5.41, 5.74) is 0.618. The molecule has 1 N–H and O–H groups in total. The Hall–Kier alpha value is -2.13. The van der Waals surface area contributed by atoms with Crippen LogP contribution in [0.1, 0.15) is 16.2 Å². The maximum atomic E-state index is 12.4. The molecular formula is C16H11Cl3N4O3S. The van der Waals surface area contributed by atoms with E-state index in [0.717, 1.165) is 0 Å². The minimum atomic E-state index is -4.17. The molecule has 0 aliphatic rings. The second-order valence-electron chi connectivity index (χ2n) is 5.43. The number of nitrogens with zero attached hydrogens (tertiary/aromatic N) is 3. The molecule has 2 aromatic carbocycles. The smallest absolute Gasteiger partial charge is 0.266 e. The van der Waals surface area contributed by atoms with Gasteiger partial charge in [-0.25, -0.2) is 17.8 Å². The molecule has 11 heteroatoms. The Morgan fingerprint density at radius 1 is 1.07 bits per heavy atom. The normalized spacial score (nSPS) is 11.4. The SMILES string of the molecule is Cc1c(C(=O)NS(=O)(=O)c2ccccc2Cl)nnn1-c1cc(Cl)cc(Cl)c1. The molecule has 1 aromatic heterocycles. The summed E-state index contributed by atoms with van der Waals surface area (Å²) in [5, 5.41) is 8.39. The maximum Gasteiger partial charge on any atom is 0.287 e. The summed E-state index contributed by atoms with van der Waals surface area (Å²) in [6.07, 6.45) is 0. The molecule has 140 valence electrons. The van der Waals surface area contributed by atoms with Crippen molar-refractivity contribution in [1.29, 1.82) is 0 Å². The zero-order valence-corrected chi connectivity index (χ0v) is 16.7. The van der Waals surface area contributed by atoms with Crippen LogP contribution in [0.25, 0.3) is 5.69 Å². The van der Waals surface area contributed by atoms with E-state index in [0.29, 0.717) is 21.4 Å². The van der Waals surface area contributed by atoms with Crippen LogP contribution < -0.4 is 4.72 Å². The van der Waals surface area contributed by atoms with Crippen LogP contribution in [0.3, 0.4) is 0 Å². The van der Waals surface area contributed by atoms with Gasteiger partial charge in [-0.3, -0.25) is 4.79 Å². The summed E-state index contributed by atoms with van der Waals surface area (Å²) in [7, 11) is -4.17. The number of halogens is 3. The highest BCUT2D eigenvalue weighted by Crippen LogP contribution is 2.23. The maximum absolute atomic E-state index is 12.4. The average molecular weight is 446 g/mol. The lowest BCUT2D eigenvalue weighted by molar-refractivity contribution is 0.0976. The molecule has 27 heavy (non-hydrogen) atoms. The first-order chi connectivity index (χ1) is 12.7. The van der Waals surface area contributed by atoms with Crippen molar-refractivity contribution in [2.45, 2.75) is 11.8 Å². The predicted molar refractivity (Wildman–Crippen MR) is 102 cm³/mol. The van der Waals surface area contributed by atoms with E-state index < -0.39 is 15.9 Å². The Morgan fingerprint density at radius 2 is 1.70 bits per heavy atom. The first kappa shape index (κ1) is 19.6. The van der Waals surface area contributed by atoms with E-state index in [1.165, 1.54) is 22.9 Å². The van der Waals surface area contributed by atoms with Crippen LogP contribution in [0.5, 0.6) is 0 Å². The van der Waals surface area contributed by atoms with Crippen molar-refractivity contribution in [3.8, 4) is 5.69 Å². The van der Waals surface area contributed by atoms with Crippen LogP contribution in [0.2, 0.25) is 15.1 Å². The number of nitrogens with one attached hydrogen (secondary N) is 1. The Morgan fingerprint density at radius 3 is 2.33 bits per heavy atom. The summed E-state index contributed by atoms with van der Waals surface area (Å²) in [6, 6.07) is 10.5. The topological polar surface area (TPSA) is 93.9 Å². The van der Waals surface area contributed by atoms with Crippen LogP contribution in [0.4, 0.5) is 0 Å². The van der Waals surface area contributed by atoms with E-state index in [1.54, 1.807) is 31.2 Å². The van der Waals surface area contributed by atoms with Gasteiger partial charge in [0.15, 0.2) is 5.69 Å². The van der Waals surface area contributed by atoms with Gasteiger partial charge in [0.1, 0.15) is 4.90 Å². The zero-order valence-electron chi connectivity index (χ0n) is 13.6. The minimum Gasteiger partial charge on any atom is -0.266 e. The van der Waals surface area contributed by atoms with Gasteiger partial charge in [-0.15, -0.1) is 5.10 Å². The van der Waals surface area contributed by atoms with E-state index in [9.17, 15) is 13.2 Å². The van der Waals surface area contributed by atoms with Gasteiger partial charge in [-0.05, 0) is 37.3 Å². The third-order valence-electron chi connectivity index (χ3n) is 3.55. The summed E-state index contributed by atoms with van der Waals surface area (Å²) in [6.45, 7) is 1.56. The molecule has 3 rings (SSSR count). The number of rotatable bonds is 4. The average Bonchev–Trinajstić information content (AvgIpc) is 2.95. The van der Waals surface area contributed by atoms with Gasteiger partial charge in [-0.1, -0.05) is 52.1 Å². The molecule has 0 saturated heterocycles. The third-order valence-corrected chi connectivity index (χ3v) is 5.82. The second-order valence-corrected chi connectivity index (χ2v) is 8.36. The lowest BCUT2D eigenvalue weighted by Crippen LogP contribution is -2.31. The Kier molecular flexibility index (Phi) is 5.43. The largest absolute Gasteiger partial charge is 0.287 e. The molecule has 0 fully saturated rings. The first-order valence-corrected chi connectivity index (χ1v) is 10.0. The highest BCUT2D eigenvalue weighted by molar-refractivity contribution is 7.90. The van der Waals surface area contributed by atoms with E-state index in [2.05, 4.69) is 10.3 Å². The van der Waals surface area contributed by atoms with Gasteiger partial charge in [0.05, 0.1) is 16.4 Å². The fourth-order valence-electron chi connectivity index (χ4n) is 2.33. The standard InChI is InChI=1S/C16H11Cl3N4O3S/c1-9-15(20-22-23(9)12-7-10(17)6-11(18)8-12)16(24)21-27(25,26)14-5-3-2-4-13(14)19/h2-8H,1H3,(H,21,24). The molecule has 0 atom stereocenters. The number of aromatic nitrogens is 3. The molecule has 1 amide bonds. The van der Waals surface area contributed by atoms with E-state index in [-0.39, 0.29) is 15.6 Å². The quantitative estimate of drug-likeness (QED) is 0.661. The van der Waals surface area contributed by atoms with Crippen LogP contribution in [-0.2, 0) is 10.0 Å². The molecule has 0 spiro atoms. The summed E-state index contributed by atoms with van der Waals surface area (Å²) in [5.74, 6) is -0.938. The molecule has 0 radical (unpaired) electrons. The van der Waals surface area contributed by atoms with Crippen molar-refractivity contribution in [2.75, 3.05) is 0 Å². The van der Waals surface area contributed by atoms with Gasteiger partial charge < -0.3 is 0 Å². The van der Waals surface area contributed by atoms with Crippen LogP contribution in [0, 0.1) is 6.92 Å². The van der Waals surface area contributed by atoms with E-state index in [1.807, 2.05) is 4.72 Å². The number of carbonyl (C=O) groups excluding carboxylic acids is 1. The highest BCUT2D eigenvalue weighted by Gasteiger charge is 2.25. The van der Waals surface area contributed by atoms with Crippen molar-refractivity contribution in [3.63, 3.8) is 0 Å². The molecule has 0 aliphatic heterocycles. The molecule has 0 aliphatic carbocycles. The van der Waals surface area contributed by atoms with Crippen LogP contribution in [0.15, 0.2) is 47.4 Å². The lowest BCUT2D eigenvalue weighted by atomic mass is 10.3. The minimum absolute atomic E-state index is 0.00764. The monoisotopic (exact) mass is 444 g/mol. The molecule has 0 saturated carbocycles. The Balaban J connectivity index is 1.93. The fourth-order valence-corrected chi connectivity index (χ4v) is 4.32. The van der Waals surface area contributed by atoms with Gasteiger partial charge in [0.2, 0.25) is 0 Å². The summed E-state index contributed by atoms with van der Waals surface area (Å²) in [4.78, 5) is 12.2. The number of hydrogen-bond acceptors (Lipinski definition) is 5. The highest BCUT2D eigenvalue weighted by atomic mass is 35.5. The number of carbonyl (C=O) groups is 1. The molecule has 0 unspecified atom stereocenters. The van der Waals surface area contributed by atoms with Gasteiger partial charge in [0, 0.05) is 10.0 Å². The molecule has 7 nitrogen and oxygen atoms in total. The molecule has 1 heterocycles. The van der Waals surface area contributed by atoms with E-state index in [4.69, 9.17) is 34.8 Å². The molecule has 0 bridgehead atoms. The summed E-state index contributed by atoms with van der Waals surface area (Å²) >= 11 is 17.8. The van der Waals surface area contributed by atoms with Gasteiger partial charge in [0.25, 0.3) is 15.9 Å². The van der Waals surface area contributed by atoms with Gasteiger partial charge >= 0.3 is 0 Å². The van der Waals surface area contributed by atoms with Crippen molar-refractivity contribution < 1.29 is 13.2 Å². The van der Waals surface area contributed by atoms with Crippen LogP contribution >= 0.6 is 34.8 Å². The van der Waals surface area contributed by atoms with Gasteiger partial charge in [-0.2, -0.15) is 0 Å². The number of hydrogen-bond donors (Lipinski definition) is 1. The number of benzene rings is 2. The Bertz CT molecular complexity index is 1130. The molecular weight excluding hydrogens is 435 g/mol. The van der Waals surface area contributed by atoms with Crippen molar-refractivity contribution in [2.24, 2.45) is 0 Å². The molecule has 3 aromatic rings. The third kappa shape index (κ3) is 4.08. The van der Waals surface area contributed by atoms with Crippen LogP contribution in [-0.4, -0.2) is 29.3 Å². The predicted octanol–water partition coefficient (Wildman–Crippen LogP) is 3.65. The van der Waals surface area contributed by atoms with Crippen molar-refractivity contribution in [3.05, 3.63) is 68.9 Å². The van der Waals surface area contributed by atoms with Crippen molar-refractivity contribution >= 4 is 50.7 Å². The lowest BCUT2D eigenvalue weighted by Gasteiger charge is -2.08. The van der Waals surface area contributed by atoms with E-state index >= 15 is 0 Å². The zero-order chi connectivity index (χ0) is 19.8. The first-order valence-electron chi connectivity index (χ1n) is 7.39. The Labute approximate surface area is 169 Å². The summed E-state index contributed by atoms with van der Waals surface area (Å²) < 4.78 is 28.1. The van der Waals surface area contributed by atoms with Crippen molar-refractivity contribution in [1.82, 2.24) is 19.7 Å². The number of sulfonamides is 1. The second kappa shape index (κ2) is 7.47. The number of amides is 1.